The van der Waals surface area contributed by atoms with Crippen LogP contribution in [0.5, 0.6) is 0 Å². The molecule has 38 heavy (non-hydrogen) atoms. The highest BCUT2D eigenvalue weighted by Crippen LogP contribution is 2.36. The van der Waals surface area contributed by atoms with Crippen molar-refractivity contribution in [2.24, 2.45) is 5.92 Å². The third-order valence-corrected chi connectivity index (χ3v) is 7.17. The van der Waals surface area contributed by atoms with Crippen molar-refractivity contribution < 1.29 is 19.0 Å². The average molecular weight is 524 g/mol. The Bertz CT molecular complexity index is 1260. The van der Waals surface area contributed by atoms with Gasteiger partial charge in [-0.2, -0.15) is 14.8 Å². The molecule has 0 spiro atoms. The number of anilines is 2. The summed E-state index contributed by atoms with van der Waals surface area (Å²) in [5, 5.41) is 5.96. The van der Waals surface area contributed by atoms with E-state index in [0.717, 1.165) is 62.4 Å². The summed E-state index contributed by atoms with van der Waals surface area (Å²) in [5.74, 6) is 1.46. The third-order valence-electron chi connectivity index (χ3n) is 7.17. The highest BCUT2D eigenvalue weighted by atomic mass is 16.5. The van der Waals surface area contributed by atoms with Crippen LogP contribution in [0.25, 0.3) is 16.9 Å². The van der Waals surface area contributed by atoms with Crippen molar-refractivity contribution in [1.82, 2.24) is 24.7 Å². The number of aromatic nitrogens is 5. The molecular formula is C27H37N7O4. The molecule has 2 aliphatic heterocycles. The highest BCUT2D eigenvalue weighted by Gasteiger charge is 2.28. The maximum Gasteiger partial charge on any atom is 0.357 e. The number of piperidine rings is 1. The molecular weight excluding hydrogens is 486 g/mol. The van der Waals surface area contributed by atoms with E-state index in [-0.39, 0.29) is 18.2 Å². The lowest BCUT2D eigenvalue weighted by molar-refractivity contribution is 0.0520. The van der Waals surface area contributed by atoms with Crippen LogP contribution in [-0.2, 0) is 14.2 Å². The Morgan fingerprint density at radius 1 is 1.13 bits per heavy atom. The smallest absolute Gasteiger partial charge is 0.357 e. The zero-order valence-corrected chi connectivity index (χ0v) is 22.7. The molecule has 0 amide bonds. The van der Waals surface area contributed by atoms with Crippen LogP contribution in [-0.4, -0.2) is 90.4 Å². The average Bonchev–Trinajstić information content (AvgIpc) is 3.34. The molecule has 3 aromatic heterocycles. The van der Waals surface area contributed by atoms with Crippen molar-refractivity contribution in [2.75, 3.05) is 69.5 Å². The van der Waals surface area contributed by atoms with Crippen LogP contribution in [0.2, 0.25) is 0 Å². The quantitative estimate of drug-likeness (QED) is 0.409. The van der Waals surface area contributed by atoms with Crippen molar-refractivity contribution in [3.8, 4) is 5.82 Å². The summed E-state index contributed by atoms with van der Waals surface area (Å²) in [6, 6.07) is 3.70. The first-order chi connectivity index (χ1) is 18.5. The van der Waals surface area contributed by atoms with Gasteiger partial charge in [0.05, 0.1) is 36.6 Å². The largest absolute Gasteiger partial charge is 0.461 e. The van der Waals surface area contributed by atoms with Crippen molar-refractivity contribution in [2.45, 2.75) is 39.5 Å². The SMILES string of the molecule is CCOC(=O)c1cc(N2CCC(COC)CC2)c2c(C(C)C)nn(-c3ccnc(N4CCOCC4)n3)c2n1. The van der Waals surface area contributed by atoms with Crippen molar-refractivity contribution >= 4 is 28.6 Å². The summed E-state index contributed by atoms with van der Waals surface area (Å²) < 4.78 is 18.0. The van der Waals surface area contributed by atoms with Crippen molar-refractivity contribution in [1.29, 1.82) is 0 Å². The molecule has 0 unspecified atom stereocenters. The fourth-order valence-electron chi connectivity index (χ4n) is 5.19. The molecule has 0 radical (unpaired) electrons. The molecule has 204 valence electrons. The third kappa shape index (κ3) is 5.30. The second-order valence-electron chi connectivity index (χ2n) is 10.1. The van der Waals surface area contributed by atoms with Crippen LogP contribution in [0.3, 0.4) is 0 Å². The molecule has 3 aromatic rings. The molecule has 0 aliphatic carbocycles. The Kier molecular flexibility index (Phi) is 8.04. The van der Waals surface area contributed by atoms with Crippen LogP contribution >= 0.6 is 0 Å². The van der Waals surface area contributed by atoms with E-state index in [4.69, 9.17) is 29.3 Å². The Hall–Kier alpha value is -3.31. The van der Waals surface area contributed by atoms with E-state index in [1.54, 1.807) is 24.9 Å². The lowest BCUT2D eigenvalue weighted by Gasteiger charge is -2.34. The van der Waals surface area contributed by atoms with Crippen LogP contribution in [0, 0.1) is 5.92 Å². The van der Waals surface area contributed by atoms with Crippen molar-refractivity contribution in [3.05, 3.63) is 29.7 Å². The van der Waals surface area contributed by atoms with Gasteiger partial charge in [0.1, 0.15) is 0 Å². The van der Waals surface area contributed by atoms with Gasteiger partial charge < -0.3 is 24.0 Å². The maximum atomic E-state index is 12.9. The number of ether oxygens (including phenoxy) is 3. The Balaban J connectivity index is 1.64. The van der Waals surface area contributed by atoms with E-state index >= 15 is 0 Å². The lowest BCUT2D eigenvalue weighted by atomic mass is 9.96. The molecule has 2 fully saturated rings. The summed E-state index contributed by atoms with van der Waals surface area (Å²) in [5.41, 5.74) is 2.75. The predicted molar refractivity (Wildman–Crippen MR) is 144 cm³/mol. The minimum Gasteiger partial charge on any atom is -0.461 e. The zero-order chi connectivity index (χ0) is 26.6. The number of methoxy groups -OCH3 is 1. The zero-order valence-electron chi connectivity index (χ0n) is 22.7. The Morgan fingerprint density at radius 3 is 2.58 bits per heavy atom. The fourth-order valence-corrected chi connectivity index (χ4v) is 5.19. The number of carbonyl (C=O) groups is 1. The van der Waals surface area contributed by atoms with Crippen molar-refractivity contribution in [3.63, 3.8) is 0 Å². The monoisotopic (exact) mass is 523 g/mol. The number of pyridine rings is 1. The molecule has 11 nitrogen and oxygen atoms in total. The first-order valence-corrected chi connectivity index (χ1v) is 13.5. The number of hydrogen-bond acceptors (Lipinski definition) is 10. The van der Waals surface area contributed by atoms with Gasteiger partial charge in [0.2, 0.25) is 5.95 Å². The van der Waals surface area contributed by atoms with Crippen LogP contribution in [0.4, 0.5) is 11.6 Å². The molecule has 2 saturated heterocycles. The van der Waals surface area contributed by atoms with Gasteiger partial charge in [-0.05, 0) is 37.7 Å². The van der Waals surface area contributed by atoms with Gasteiger partial charge in [-0.3, -0.25) is 0 Å². The summed E-state index contributed by atoms with van der Waals surface area (Å²) in [4.78, 5) is 31.5. The van der Waals surface area contributed by atoms with Gasteiger partial charge >= 0.3 is 5.97 Å². The second-order valence-corrected chi connectivity index (χ2v) is 10.1. The summed E-state index contributed by atoms with van der Waals surface area (Å²) in [6.45, 7) is 11.6. The molecule has 5 rings (SSSR count). The number of nitrogens with zero attached hydrogens (tertiary/aromatic N) is 7. The molecule has 0 atom stereocenters. The van der Waals surface area contributed by atoms with Crippen LogP contribution < -0.4 is 9.80 Å². The van der Waals surface area contributed by atoms with Crippen LogP contribution in [0.15, 0.2) is 18.3 Å². The number of fused-ring (bicyclic) bond motifs is 1. The van der Waals surface area contributed by atoms with Gasteiger partial charge in [0.25, 0.3) is 0 Å². The van der Waals surface area contributed by atoms with E-state index in [2.05, 4.69) is 28.6 Å². The second kappa shape index (κ2) is 11.6. The summed E-state index contributed by atoms with van der Waals surface area (Å²) >= 11 is 0. The molecule has 0 N–H and O–H groups in total. The molecule has 0 bridgehead atoms. The normalized spacial score (nSPS) is 17.0. The minimum absolute atomic E-state index is 0.138. The molecule has 0 aromatic carbocycles. The van der Waals surface area contributed by atoms with Gasteiger partial charge in [-0.25, -0.2) is 14.8 Å². The molecule has 5 heterocycles. The van der Waals surface area contributed by atoms with Gasteiger partial charge in [0.15, 0.2) is 17.2 Å². The van der Waals surface area contributed by atoms with Gasteiger partial charge in [-0.1, -0.05) is 13.8 Å². The lowest BCUT2D eigenvalue weighted by Crippen LogP contribution is -2.37. The van der Waals surface area contributed by atoms with E-state index in [9.17, 15) is 4.79 Å². The highest BCUT2D eigenvalue weighted by molar-refractivity contribution is 5.99. The maximum absolute atomic E-state index is 12.9. The fraction of sp³-hybridized carbons (Fsp3) is 0.593. The standard InChI is InChI=1S/C27H37N7O4/c1-5-38-26(35)20-16-21(32-10-7-19(8-11-32)17-36-4)23-24(18(2)3)31-34(25(23)29-20)22-6-9-28-27(30-22)33-12-14-37-15-13-33/h6,9,16,18-19H,5,7-8,10-15,17H2,1-4H3. The van der Waals surface area contributed by atoms with Gasteiger partial charge in [-0.15, -0.1) is 0 Å². The first kappa shape index (κ1) is 26.3. The van der Waals surface area contributed by atoms with E-state index in [1.807, 2.05) is 12.1 Å². The van der Waals surface area contributed by atoms with Crippen LogP contribution in [0.1, 0.15) is 55.7 Å². The number of rotatable bonds is 8. The number of carbonyl (C=O) groups excluding carboxylic acids is 1. The Labute approximate surface area is 223 Å². The number of esters is 1. The minimum atomic E-state index is -0.444. The molecule has 11 heteroatoms. The van der Waals surface area contributed by atoms with Gasteiger partial charge in [0, 0.05) is 52.2 Å². The number of morpholine rings is 1. The molecule has 2 aliphatic rings. The number of hydrogen-bond donors (Lipinski definition) is 0. The van der Waals surface area contributed by atoms with E-state index < -0.39 is 5.97 Å². The summed E-state index contributed by atoms with van der Waals surface area (Å²) in [7, 11) is 1.76. The first-order valence-electron chi connectivity index (χ1n) is 13.5. The molecule has 0 saturated carbocycles. The van der Waals surface area contributed by atoms with E-state index in [0.29, 0.717) is 36.5 Å². The summed E-state index contributed by atoms with van der Waals surface area (Å²) in [6.07, 6.45) is 3.78. The topological polar surface area (TPSA) is 108 Å². The Morgan fingerprint density at radius 2 is 1.89 bits per heavy atom. The van der Waals surface area contributed by atoms with E-state index in [1.165, 1.54) is 0 Å². The predicted octanol–water partition coefficient (Wildman–Crippen LogP) is 3.21.